The second kappa shape index (κ2) is 6.50. The quantitative estimate of drug-likeness (QED) is 0.493. The number of rotatable bonds is 2. The van der Waals surface area contributed by atoms with E-state index in [1.807, 2.05) is 84.9 Å². The van der Waals surface area contributed by atoms with Gasteiger partial charge in [-0.2, -0.15) is 0 Å². The van der Waals surface area contributed by atoms with Crippen molar-refractivity contribution in [3.05, 3.63) is 106 Å². The van der Waals surface area contributed by atoms with Gasteiger partial charge < -0.3 is 4.74 Å². The van der Waals surface area contributed by atoms with Crippen LogP contribution in [0.3, 0.4) is 0 Å². The third kappa shape index (κ3) is 2.54. The molecule has 28 heavy (non-hydrogen) atoms. The van der Waals surface area contributed by atoms with Crippen molar-refractivity contribution in [2.24, 2.45) is 0 Å². The second-order valence-electron chi connectivity index (χ2n) is 6.88. The molecule has 1 atom stereocenters. The maximum absolute atomic E-state index is 13.7. The predicted octanol–water partition coefficient (Wildman–Crippen LogP) is 4.43. The molecule has 0 saturated carbocycles. The molecule has 0 N–H and O–H groups in total. The Hall–Kier alpha value is -3.66. The lowest BCUT2D eigenvalue weighted by Crippen LogP contribution is -2.32. The van der Waals surface area contributed by atoms with E-state index in [0.717, 1.165) is 22.2 Å². The highest BCUT2D eigenvalue weighted by Gasteiger charge is 2.34. The van der Waals surface area contributed by atoms with Gasteiger partial charge in [0, 0.05) is 17.0 Å². The van der Waals surface area contributed by atoms with E-state index in [9.17, 15) is 9.59 Å². The highest BCUT2D eigenvalue weighted by Crippen LogP contribution is 2.41. The van der Waals surface area contributed by atoms with Crippen LogP contribution in [0.15, 0.2) is 89.7 Å². The highest BCUT2D eigenvalue weighted by molar-refractivity contribution is 5.92. The van der Waals surface area contributed by atoms with E-state index in [4.69, 9.17) is 4.74 Å². The largest absolute Gasteiger partial charge is 0.425 e. The van der Waals surface area contributed by atoms with Crippen LogP contribution in [0.4, 0.5) is 0 Å². The minimum absolute atomic E-state index is 0.152. The van der Waals surface area contributed by atoms with Crippen LogP contribution in [0, 0.1) is 0 Å². The fraction of sp³-hybridized carbons (Fsp3) is 0.0833. The van der Waals surface area contributed by atoms with Crippen LogP contribution in [0.2, 0.25) is 0 Å². The van der Waals surface area contributed by atoms with Gasteiger partial charge in [-0.25, -0.2) is 0 Å². The first-order valence-corrected chi connectivity index (χ1v) is 9.23. The van der Waals surface area contributed by atoms with Crippen LogP contribution in [0.1, 0.15) is 23.5 Å². The number of fused-ring (bicyclic) bond motifs is 3. The molecule has 0 radical (unpaired) electrons. The van der Waals surface area contributed by atoms with Crippen molar-refractivity contribution in [3.63, 3.8) is 0 Å². The molecular weight excluding hydrogens is 350 g/mol. The fourth-order valence-corrected chi connectivity index (χ4v) is 3.98. The van der Waals surface area contributed by atoms with Gasteiger partial charge in [-0.05, 0) is 29.8 Å². The Labute approximate surface area is 161 Å². The summed E-state index contributed by atoms with van der Waals surface area (Å²) in [7, 11) is 0. The Morgan fingerprint density at radius 1 is 0.786 bits per heavy atom. The lowest BCUT2D eigenvalue weighted by molar-refractivity contribution is -0.135. The van der Waals surface area contributed by atoms with Crippen LogP contribution < -0.4 is 10.3 Å². The number of aromatic nitrogens is 1. The minimum atomic E-state index is -0.329. The van der Waals surface area contributed by atoms with Gasteiger partial charge in [-0.1, -0.05) is 60.7 Å². The predicted molar refractivity (Wildman–Crippen MR) is 108 cm³/mol. The van der Waals surface area contributed by atoms with Gasteiger partial charge >= 0.3 is 5.97 Å². The summed E-state index contributed by atoms with van der Waals surface area (Å²) in [4.78, 5) is 26.1. The molecule has 1 aliphatic rings. The van der Waals surface area contributed by atoms with Crippen molar-refractivity contribution >= 4 is 16.9 Å². The first-order valence-electron chi connectivity index (χ1n) is 9.23. The number of hydrogen-bond donors (Lipinski definition) is 0. The molecule has 0 fully saturated rings. The Morgan fingerprint density at radius 2 is 1.43 bits per heavy atom. The average molecular weight is 367 g/mol. The van der Waals surface area contributed by atoms with Crippen molar-refractivity contribution in [1.29, 1.82) is 0 Å². The summed E-state index contributed by atoms with van der Waals surface area (Å²) in [5, 5.41) is 0.759. The molecule has 3 aromatic carbocycles. The number of esters is 1. The molecule has 4 aromatic rings. The van der Waals surface area contributed by atoms with Crippen molar-refractivity contribution in [3.8, 4) is 11.4 Å². The summed E-state index contributed by atoms with van der Waals surface area (Å²) in [6, 6.07) is 26.8. The number of hydrogen-bond acceptors (Lipinski definition) is 3. The fourth-order valence-electron chi connectivity index (χ4n) is 3.98. The number of carbonyl (C=O) groups is 1. The molecule has 1 aliphatic heterocycles. The van der Waals surface area contributed by atoms with Crippen molar-refractivity contribution in [1.82, 2.24) is 4.57 Å². The van der Waals surface area contributed by atoms with Crippen LogP contribution in [-0.2, 0) is 4.79 Å². The summed E-state index contributed by atoms with van der Waals surface area (Å²) >= 11 is 0. The zero-order chi connectivity index (χ0) is 19.1. The van der Waals surface area contributed by atoms with Gasteiger partial charge in [0.2, 0.25) is 0 Å². The first kappa shape index (κ1) is 16.5. The van der Waals surface area contributed by atoms with E-state index in [-0.39, 0.29) is 23.9 Å². The maximum Gasteiger partial charge on any atom is 0.312 e. The second-order valence-corrected chi connectivity index (χ2v) is 6.88. The third-order valence-corrected chi connectivity index (χ3v) is 5.22. The Morgan fingerprint density at radius 3 is 2.18 bits per heavy atom. The number of carbonyl (C=O) groups excluding carboxylic acids is 1. The van der Waals surface area contributed by atoms with E-state index in [2.05, 4.69) is 0 Å². The van der Waals surface area contributed by atoms with Gasteiger partial charge in [0.1, 0.15) is 5.75 Å². The topological polar surface area (TPSA) is 48.3 Å². The molecule has 2 heterocycles. The smallest absolute Gasteiger partial charge is 0.312 e. The highest BCUT2D eigenvalue weighted by atomic mass is 16.5. The normalized spacial score (nSPS) is 15.9. The van der Waals surface area contributed by atoms with E-state index in [0.29, 0.717) is 11.3 Å². The molecule has 1 unspecified atom stereocenters. The van der Waals surface area contributed by atoms with Crippen molar-refractivity contribution in [2.45, 2.75) is 12.3 Å². The lowest BCUT2D eigenvalue weighted by atomic mass is 9.86. The molecule has 0 amide bonds. The lowest BCUT2D eigenvalue weighted by Gasteiger charge is -2.27. The molecule has 4 nitrogen and oxygen atoms in total. The number of para-hydroxylation sites is 2. The number of pyridine rings is 1. The Bertz CT molecular complexity index is 1240. The molecule has 1 aromatic heterocycles. The molecular formula is C24H17NO3. The minimum Gasteiger partial charge on any atom is -0.425 e. The monoisotopic (exact) mass is 367 g/mol. The number of nitrogens with zero attached hydrogens (tertiary/aromatic N) is 1. The number of ether oxygens (including phenoxy) is 1. The first-order chi connectivity index (χ1) is 13.7. The van der Waals surface area contributed by atoms with E-state index in [1.165, 1.54) is 0 Å². The standard InChI is InChI=1S/C24H17NO3/c26-21-15-19(16-9-3-1-4-10-16)22-23(28-21)18-13-7-8-14-20(18)25(24(22)27)17-11-5-2-6-12-17/h1-14,19H,15H2. The zero-order valence-electron chi connectivity index (χ0n) is 15.0. The van der Waals surface area contributed by atoms with Crippen LogP contribution in [-0.4, -0.2) is 10.5 Å². The molecule has 0 spiro atoms. The molecule has 0 bridgehead atoms. The van der Waals surface area contributed by atoms with Crippen LogP contribution in [0.25, 0.3) is 16.6 Å². The summed E-state index contributed by atoms with van der Waals surface area (Å²) in [5.41, 5.74) is 2.83. The van der Waals surface area contributed by atoms with E-state index >= 15 is 0 Å². The van der Waals surface area contributed by atoms with Gasteiger partial charge in [0.05, 0.1) is 17.5 Å². The van der Waals surface area contributed by atoms with Crippen LogP contribution in [0.5, 0.6) is 5.75 Å². The van der Waals surface area contributed by atoms with Crippen molar-refractivity contribution < 1.29 is 9.53 Å². The van der Waals surface area contributed by atoms with Gasteiger partial charge in [-0.3, -0.25) is 14.2 Å². The average Bonchev–Trinajstić information content (AvgIpc) is 2.75. The summed E-state index contributed by atoms with van der Waals surface area (Å²) < 4.78 is 7.33. The third-order valence-electron chi connectivity index (χ3n) is 5.22. The van der Waals surface area contributed by atoms with Crippen molar-refractivity contribution in [2.75, 3.05) is 0 Å². The molecule has 5 rings (SSSR count). The zero-order valence-corrected chi connectivity index (χ0v) is 15.0. The van der Waals surface area contributed by atoms with E-state index < -0.39 is 0 Å². The summed E-state index contributed by atoms with van der Waals surface area (Å²) in [5.74, 6) is -0.259. The molecule has 136 valence electrons. The molecule has 0 aliphatic carbocycles. The molecule has 0 saturated heterocycles. The Balaban J connectivity index is 1.90. The van der Waals surface area contributed by atoms with Crippen LogP contribution >= 0.6 is 0 Å². The summed E-state index contributed by atoms with van der Waals surface area (Å²) in [6.45, 7) is 0. The number of benzene rings is 3. The maximum atomic E-state index is 13.7. The van der Waals surface area contributed by atoms with E-state index in [1.54, 1.807) is 4.57 Å². The Kier molecular flexibility index (Phi) is 3.83. The van der Waals surface area contributed by atoms with Gasteiger partial charge in [0.25, 0.3) is 5.56 Å². The summed E-state index contributed by atoms with van der Waals surface area (Å²) in [6.07, 6.45) is 0.152. The SMILES string of the molecule is O=C1CC(c2ccccc2)c2c(c3ccccc3n(-c3ccccc3)c2=O)O1. The van der Waals surface area contributed by atoms with Gasteiger partial charge in [0.15, 0.2) is 0 Å². The van der Waals surface area contributed by atoms with Gasteiger partial charge in [-0.15, -0.1) is 0 Å². The molecule has 4 heteroatoms.